The Morgan fingerprint density at radius 1 is 1.08 bits per heavy atom. The lowest BCUT2D eigenvalue weighted by atomic mass is 10.2. The lowest BCUT2D eigenvalue weighted by molar-refractivity contribution is -0.115. The van der Waals surface area contributed by atoms with Crippen molar-refractivity contribution in [1.82, 2.24) is 4.98 Å². The molecule has 2 aromatic carbocycles. The van der Waals surface area contributed by atoms with Crippen LogP contribution in [-0.4, -0.2) is 30.4 Å². The lowest BCUT2D eigenvalue weighted by Crippen LogP contribution is -2.22. The maximum atomic E-state index is 12.6. The van der Waals surface area contributed by atoms with Crippen LogP contribution in [0.2, 0.25) is 0 Å². The van der Waals surface area contributed by atoms with E-state index in [9.17, 15) is 4.79 Å². The molecule has 0 aliphatic rings. The van der Waals surface area contributed by atoms with Crippen molar-refractivity contribution < 1.29 is 14.3 Å². The summed E-state index contributed by atoms with van der Waals surface area (Å²) in [6.07, 6.45) is 0. The van der Waals surface area contributed by atoms with Gasteiger partial charge in [-0.1, -0.05) is 36.0 Å². The van der Waals surface area contributed by atoms with E-state index in [0.717, 1.165) is 15.9 Å². The zero-order valence-electron chi connectivity index (χ0n) is 14.9. The topological polar surface area (TPSA) is 60.5 Å². The van der Waals surface area contributed by atoms with E-state index in [2.05, 4.69) is 10.3 Å². The van der Waals surface area contributed by atoms with Crippen LogP contribution < -0.4 is 14.8 Å². The number of nitrogens with zero attached hydrogens (tertiary/aromatic N) is 1. The summed E-state index contributed by atoms with van der Waals surface area (Å²) in [5.41, 5.74) is 1.53. The largest absolute Gasteiger partial charge is 0.497 e. The van der Waals surface area contributed by atoms with Crippen LogP contribution in [0.1, 0.15) is 6.92 Å². The molecular formula is C20H20N2O3S. The number of carbonyl (C=O) groups is 1. The molecule has 5 nitrogen and oxygen atoms in total. The van der Waals surface area contributed by atoms with E-state index in [1.54, 1.807) is 32.4 Å². The minimum Gasteiger partial charge on any atom is -0.497 e. The number of thioether (sulfide) groups is 1. The van der Waals surface area contributed by atoms with E-state index >= 15 is 0 Å². The second kappa shape index (κ2) is 8.10. The number of anilines is 1. The SMILES string of the molecule is COc1ccc(NC(=O)[C@@H](C)Sc2ccc3ccccc3n2)c(OC)c1. The van der Waals surface area contributed by atoms with Crippen LogP contribution in [0.3, 0.4) is 0 Å². The molecule has 6 heteroatoms. The molecule has 26 heavy (non-hydrogen) atoms. The number of pyridine rings is 1. The average Bonchev–Trinajstić information content (AvgIpc) is 2.68. The normalized spacial score (nSPS) is 11.8. The highest BCUT2D eigenvalue weighted by molar-refractivity contribution is 8.00. The summed E-state index contributed by atoms with van der Waals surface area (Å²) in [6.45, 7) is 1.85. The van der Waals surface area contributed by atoms with Gasteiger partial charge in [0.2, 0.25) is 5.91 Å². The second-order valence-corrected chi connectivity index (χ2v) is 7.02. The number of para-hydroxylation sites is 1. The average molecular weight is 368 g/mol. The lowest BCUT2D eigenvalue weighted by Gasteiger charge is -2.15. The van der Waals surface area contributed by atoms with Crippen molar-refractivity contribution >= 4 is 34.3 Å². The molecule has 3 aromatic rings. The zero-order valence-corrected chi connectivity index (χ0v) is 15.7. The number of aromatic nitrogens is 1. The zero-order chi connectivity index (χ0) is 18.5. The number of ether oxygens (including phenoxy) is 2. The molecule has 3 rings (SSSR count). The highest BCUT2D eigenvalue weighted by Gasteiger charge is 2.17. The van der Waals surface area contributed by atoms with Crippen molar-refractivity contribution in [2.24, 2.45) is 0 Å². The molecule has 0 aliphatic heterocycles. The molecule has 134 valence electrons. The first-order valence-electron chi connectivity index (χ1n) is 8.16. The Bertz CT molecular complexity index is 930. The fourth-order valence-electron chi connectivity index (χ4n) is 2.48. The summed E-state index contributed by atoms with van der Waals surface area (Å²) in [7, 11) is 3.14. The number of hydrogen-bond acceptors (Lipinski definition) is 5. The van der Waals surface area contributed by atoms with Crippen LogP contribution in [0.25, 0.3) is 10.9 Å². The Morgan fingerprint density at radius 2 is 1.88 bits per heavy atom. The Morgan fingerprint density at radius 3 is 2.65 bits per heavy atom. The predicted molar refractivity (Wildman–Crippen MR) is 105 cm³/mol. The van der Waals surface area contributed by atoms with Crippen LogP contribution in [0.4, 0.5) is 5.69 Å². The first kappa shape index (κ1) is 18.1. The Balaban J connectivity index is 1.71. The van der Waals surface area contributed by atoms with Crippen LogP contribution >= 0.6 is 11.8 Å². The van der Waals surface area contributed by atoms with Crippen molar-refractivity contribution in [2.45, 2.75) is 17.2 Å². The van der Waals surface area contributed by atoms with E-state index < -0.39 is 0 Å². The van der Waals surface area contributed by atoms with Crippen molar-refractivity contribution in [3.05, 3.63) is 54.6 Å². The number of hydrogen-bond donors (Lipinski definition) is 1. The van der Waals surface area contributed by atoms with Gasteiger partial charge in [0.1, 0.15) is 11.5 Å². The Labute approximate surface area is 156 Å². The molecule has 0 saturated heterocycles. The van der Waals surface area contributed by atoms with Crippen molar-refractivity contribution in [1.29, 1.82) is 0 Å². The Hall–Kier alpha value is -2.73. The van der Waals surface area contributed by atoms with E-state index in [4.69, 9.17) is 9.47 Å². The van der Waals surface area contributed by atoms with Gasteiger partial charge in [0.25, 0.3) is 0 Å². The number of methoxy groups -OCH3 is 2. The Kier molecular flexibility index (Phi) is 5.63. The van der Waals surface area contributed by atoms with Gasteiger partial charge in [0, 0.05) is 11.5 Å². The van der Waals surface area contributed by atoms with Crippen molar-refractivity contribution in [3.63, 3.8) is 0 Å². The summed E-state index contributed by atoms with van der Waals surface area (Å²) in [5, 5.41) is 4.49. The molecule has 1 aromatic heterocycles. The molecule has 0 saturated carbocycles. The molecule has 0 aliphatic carbocycles. The highest BCUT2D eigenvalue weighted by Crippen LogP contribution is 2.30. The third kappa shape index (κ3) is 4.08. The maximum Gasteiger partial charge on any atom is 0.237 e. The van der Waals surface area contributed by atoms with Gasteiger partial charge in [0.05, 0.1) is 35.7 Å². The number of rotatable bonds is 6. The van der Waals surface area contributed by atoms with E-state index in [1.807, 2.05) is 43.3 Å². The molecule has 1 N–H and O–H groups in total. The van der Waals surface area contributed by atoms with Gasteiger partial charge in [-0.05, 0) is 31.2 Å². The van der Waals surface area contributed by atoms with Gasteiger partial charge in [0.15, 0.2) is 0 Å². The quantitative estimate of drug-likeness (QED) is 0.655. The number of amides is 1. The van der Waals surface area contributed by atoms with Crippen LogP contribution in [0.15, 0.2) is 59.6 Å². The van der Waals surface area contributed by atoms with Gasteiger partial charge in [-0.25, -0.2) is 4.98 Å². The minimum atomic E-state index is -0.310. The third-order valence-corrected chi connectivity index (χ3v) is 4.94. The summed E-state index contributed by atoms with van der Waals surface area (Å²) in [5.74, 6) is 1.11. The maximum absolute atomic E-state index is 12.6. The predicted octanol–water partition coefficient (Wildman–Crippen LogP) is 4.37. The third-order valence-electron chi connectivity index (χ3n) is 3.91. The van der Waals surface area contributed by atoms with Gasteiger partial charge >= 0.3 is 0 Å². The fourth-order valence-corrected chi connectivity index (χ4v) is 3.31. The summed E-state index contributed by atoms with van der Waals surface area (Å²) < 4.78 is 10.5. The van der Waals surface area contributed by atoms with Crippen LogP contribution in [0.5, 0.6) is 11.5 Å². The number of fused-ring (bicyclic) bond motifs is 1. The molecule has 1 heterocycles. The fraction of sp³-hybridized carbons (Fsp3) is 0.200. The number of carbonyl (C=O) groups excluding carboxylic acids is 1. The van der Waals surface area contributed by atoms with Gasteiger partial charge in [-0.15, -0.1) is 0 Å². The molecule has 0 radical (unpaired) electrons. The minimum absolute atomic E-state index is 0.117. The second-order valence-electron chi connectivity index (χ2n) is 5.66. The molecule has 0 unspecified atom stereocenters. The monoisotopic (exact) mass is 368 g/mol. The molecule has 0 spiro atoms. The first-order chi connectivity index (χ1) is 12.6. The first-order valence-corrected chi connectivity index (χ1v) is 9.04. The summed E-state index contributed by atoms with van der Waals surface area (Å²) in [6, 6.07) is 17.1. The summed E-state index contributed by atoms with van der Waals surface area (Å²) in [4.78, 5) is 17.2. The molecule has 1 amide bonds. The number of benzene rings is 2. The highest BCUT2D eigenvalue weighted by atomic mass is 32.2. The van der Waals surface area contributed by atoms with Crippen LogP contribution in [-0.2, 0) is 4.79 Å². The van der Waals surface area contributed by atoms with E-state index in [-0.39, 0.29) is 11.2 Å². The van der Waals surface area contributed by atoms with Gasteiger partial charge < -0.3 is 14.8 Å². The molecular weight excluding hydrogens is 348 g/mol. The van der Waals surface area contributed by atoms with Gasteiger partial charge in [-0.2, -0.15) is 0 Å². The molecule has 0 bridgehead atoms. The smallest absolute Gasteiger partial charge is 0.237 e. The number of nitrogens with one attached hydrogen (secondary N) is 1. The summed E-state index contributed by atoms with van der Waals surface area (Å²) >= 11 is 1.42. The standard InChI is InChI=1S/C20H20N2O3S/c1-13(26-19-11-8-14-6-4-5-7-16(14)21-19)20(23)22-17-10-9-15(24-2)12-18(17)25-3/h4-13H,1-3H3,(H,22,23)/t13-/m1/s1. The van der Waals surface area contributed by atoms with Crippen LogP contribution in [0, 0.1) is 0 Å². The van der Waals surface area contributed by atoms with Crippen molar-refractivity contribution in [2.75, 3.05) is 19.5 Å². The van der Waals surface area contributed by atoms with E-state index in [0.29, 0.717) is 17.2 Å². The van der Waals surface area contributed by atoms with E-state index in [1.165, 1.54) is 11.8 Å². The van der Waals surface area contributed by atoms with Crippen molar-refractivity contribution in [3.8, 4) is 11.5 Å². The van der Waals surface area contributed by atoms with Gasteiger partial charge in [-0.3, -0.25) is 4.79 Å². The molecule has 1 atom stereocenters. The molecule has 0 fully saturated rings.